The van der Waals surface area contributed by atoms with Crippen molar-refractivity contribution in [3.63, 3.8) is 0 Å². The van der Waals surface area contributed by atoms with Crippen molar-refractivity contribution in [1.29, 1.82) is 0 Å². The van der Waals surface area contributed by atoms with Gasteiger partial charge in [0.05, 0.1) is 0 Å². The molecule has 2 saturated carbocycles. The first kappa shape index (κ1) is 51.9. The van der Waals surface area contributed by atoms with Gasteiger partial charge in [0.1, 0.15) is 0 Å². The van der Waals surface area contributed by atoms with Crippen LogP contribution in [0.25, 0.3) is 0 Å². The summed E-state index contributed by atoms with van der Waals surface area (Å²) < 4.78 is 5.41. The van der Waals surface area contributed by atoms with Crippen molar-refractivity contribution in [2.24, 2.45) is 0 Å². The molecule has 63 heavy (non-hydrogen) atoms. The van der Waals surface area contributed by atoms with Crippen molar-refractivity contribution in [3.8, 4) is 0 Å². The van der Waals surface area contributed by atoms with E-state index >= 15 is 10.2 Å². The summed E-state index contributed by atoms with van der Waals surface area (Å²) in [5.41, 5.74) is 0.724. The molecule has 3 N–H and O–H groups in total. The number of para-hydroxylation sites is 2. The molecule has 348 valence electrons. The van der Waals surface area contributed by atoms with E-state index in [1.54, 1.807) is 5.06 Å². The molecule has 4 aromatic carbocycles. The van der Waals surface area contributed by atoms with Crippen LogP contribution in [0, 0.1) is 0 Å². The number of nitrogens with one attached hydrogen (secondary N) is 1. The molecule has 7 nitrogen and oxygen atoms in total. The Morgan fingerprint density at radius 2 is 1.02 bits per heavy atom. The zero-order valence-corrected chi connectivity index (χ0v) is 44.3. The monoisotopic (exact) mass is 933 g/mol. The summed E-state index contributed by atoms with van der Waals surface area (Å²) >= 11 is 0. The van der Waals surface area contributed by atoms with Crippen molar-refractivity contribution < 1.29 is 14.7 Å². The van der Waals surface area contributed by atoms with Crippen LogP contribution in [0.2, 0.25) is 19.6 Å². The average molecular weight is 933 g/mol. The third-order valence-corrected chi connectivity index (χ3v) is 28.3. The van der Waals surface area contributed by atoms with Gasteiger partial charge in [0, 0.05) is 14.1 Å². The van der Waals surface area contributed by atoms with Crippen molar-refractivity contribution in [1.82, 2.24) is 15.1 Å². The van der Waals surface area contributed by atoms with Crippen LogP contribution < -0.4 is 20.6 Å². The fraction of sp³-hybridized carbons (Fsp3) is 0.538. The molecule has 6 rings (SSSR count). The Hall–Kier alpha value is -2.05. The van der Waals surface area contributed by atoms with Crippen LogP contribution in [0.4, 0.5) is 11.4 Å². The van der Waals surface area contributed by atoms with Gasteiger partial charge >= 0.3 is 337 Å². The van der Waals surface area contributed by atoms with E-state index in [0.717, 1.165) is 60.8 Å². The summed E-state index contributed by atoms with van der Waals surface area (Å²) in [5.74, 6) is 0. The normalized spacial score (nSPS) is 18.3. The quantitative estimate of drug-likeness (QED) is 0.0374. The summed E-state index contributed by atoms with van der Waals surface area (Å²) in [6.07, 6.45) is 12.5. The van der Waals surface area contributed by atoms with Crippen LogP contribution in [0.5, 0.6) is 0 Å². The summed E-state index contributed by atoms with van der Waals surface area (Å²) in [7, 11) is -0.325. The van der Waals surface area contributed by atoms with E-state index in [-0.39, 0.29) is 0 Å². The largest absolute Gasteiger partial charge is 0.344 e. The van der Waals surface area contributed by atoms with Gasteiger partial charge in [-0.1, -0.05) is 0 Å². The van der Waals surface area contributed by atoms with Crippen LogP contribution in [-0.2, 0) is 4.53 Å². The summed E-state index contributed by atoms with van der Waals surface area (Å²) in [5, 5.41) is 37.9. The molecule has 11 heteroatoms. The van der Waals surface area contributed by atoms with Gasteiger partial charge in [-0.2, -0.15) is 0 Å². The second-order valence-corrected chi connectivity index (χ2v) is 35.7. The predicted molar refractivity (Wildman–Crippen MR) is 283 cm³/mol. The maximum Gasteiger partial charge on any atom is 0.212 e. The van der Waals surface area contributed by atoms with E-state index in [1.807, 2.05) is 14.1 Å². The van der Waals surface area contributed by atoms with Crippen LogP contribution in [0.15, 0.2) is 121 Å². The minimum absolute atomic E-state index is 0.358. The van der Waals surface area contributed by atoms with E-state index in [4.69, 9.17) is 4.53 Å². The fourth-order valence-electron chi connectivity index (χ4n) is 10.6. The molecule has 0 radical (unpaired) electrons. The maximum atomic E-state index is 15.8. The summed E-state index contributed by atoms with van der Waals surface area (Å²) in [6, 6.07) is 42.5. The number of hydrogen-bond donors (Lipinski definition) is 3. The summed E-state index contributed by atoms with van der Waals surface area (Å²) in [6.45, 7) is 16.8. The topological polar surface area (TPSA) is 71.4 Å². The smallest absolute Gasteiger partial charge is 0.212 e. The minimum Gasteiger partial charge on any atom is -0.344 e. The maximum absolute atomic E-state index is 15.8. The van der Waals surface area contributed by atoms with E-state index in [9.17, 15) is 0 Å². The van der Waals surface area contributed by atoms with Crippen molar-refractivity contribution >= 4 is 52.9 Å². The molecule has 0 amide bonds. The molecule has 0 saturated heterocycles. The first-order valence-corrected chi connectivity index (χ1v) is 33.5. The van der Waals surface area contributed by atoms with Crippen molar-refractivity contribution in [2.75, 3.05) is 58.2 Å². The average Bonchev–Trinajstić information content (AvgIpc) is 3.27. The molecule has 0 heterocycles. The second kappa shape index (κ2) is 23.1. The Kier molecular flexibility index (Phi) is 19.0. The molecule has 2 fully saturated rings. The molecule has 0 aliphatic heterocycles. The molecule has 2 aliphatic carbocycles. The molecule has 0 aromatic heterocycles. The standard InChI is InChI=1S/C47H68N3O2P3.C5H15NOSi/c1-6-48-55(4,5,39-49(7-2)8-3)47(52,54(44-35-23-13-24-36-44)45-37-25-14-26-38-45)46(51,50(40-27-15-9-16-28-40)41-29-17-10-18-30-41)53(42-31-19-11-20-32-42)43-33-21-12-22-34-43;1-6(2)7-8(3,4)5/h9-12,15-22,27-34,44-45,48,51-52H,6-8,13-14,23-26,35-39H2,1-5H3;1-5H3. The molecular weight excluding hydrogens is 850 g/mol. The number of anilines is 2. The number of benzene rings is 4. The third kappa shape index (κ3) is 12.1. The van der Waals surface area contributed by atoms with Gasteiger partial charge in [0.2, 0.25) is 8.32 Å². The Balaban J connectivity index is 0.000000852. The van der Waals surface area contributed by atoms with Crippen molar-refractivity contribution in [2.45, 2.75) is 126 Å². The van der Waals surface area contributed by atoms with Gasteiger partial charge in [-0.3, -0.25) is 0 Å². The number of hydrogen-bond acceptors (Lipinski definition) is 7. The zero-order chi connectivity index (χ0) is 45.8. The van der Waals surface area contributed by atoms with Gasteiger partial charge < -0.3 is 4.53 Å². The van der Waals surface area contributed by atoms with Crippen LogP contribution in [0.3, 0.4) is 0 Å². The van der Waals surface area contributed by atoms with Gasteiger partial charge in [0.15, 0.2) is 0 Å². The number of aliphatic hydroxyl groups is 2. The summed E-state index contributed by atoms with van der Waals surface area (Å²) in [4.78, 5) is 4.76. The number of rotatable bonds is 19. The van der Waals surface area contributed by atoms with Gasteiger partial charge in [0.25, 0.3) is 0 Å². The Morgan fingerprint density at radius 1 is 0.635 bits per heavy atom. The number of hydroxylamine groups is 2. The third-order valence-electron chi connectivity index (χ3n) is 13.1. The van der Waals surface area contributed by atoms with E-state index in [2.05, 4.69) is 190 Å². The predicted octanol–water partition coefficient (Wildman–Crippen LogP) is 12.3. The van der Waals surface area contributed by atoms with Crippen LogP contribution in [-0.4, -0.2) is 104 Å². The molecule has 2 aliphatic rings. The molecule has 0 bridgehead atoms. The first-order chi connectivity index (χ1) is 30.0. The molecule has 4 aromatic rings. The molecule has 2 unspecified atom stereocenters. The molecule has 0 spiro atoms. The minimum atomic E-state index is -3.69. The second-order valence-electron chi connectivity index (χ2n) is 19.6. The number of nitrogens with zero attached hydrogens (tertiary/aromatic N) is 3. The molecule has 2 atom stereocenters. The van der Waals surface area contributed by atoms with Crippen molar-refractivity contribution in [3.05, 3.63) is 121 Å². The van der Waals surface area contributed by atoms with E-state index < -0.39 is 41.5 Å². The Labute approximate surface area is 387 Å². The molecular formula is C52H83N4O3P3Si. The Bertz CT molecular complexity index is 1730. The van der Waals surface area contributed by atoms with Crippen LogP contribution in [0.1, 0.15) is 85.0 Å². The SMILES string of the molecule is CCNP(C)(C)(CN(CC)CC)C(O)(P(C1CCCCC1)C1CCCCC1)C(O)(N(c1ccccc1)c1ccccc1)P(c1ccccc1)c1ccccc1.CN(C)O[Si](C)(C)C. The van der Waals surface area contributed by atoms with E-state index in [0.29, 0.717) is 24.1 Å². The first-order valence-electron chi connectivity index (χ1n) is 23.9. The Morgan fingerprint density at radius 3 is 1.33 bits per heavy atom. The van der Waals surface area contributed by atoms with Gasteiger partial charge in [-0.15, -0.1) is 0 Å². The van der Waals surface area contributed by atoms with E-state index in [1.165, 1.54) is 38.5 Å². The van der Waals surface area contributed by atoms with Gasteiger partial charge in [-0.05, 0) is 19.6 Å². The fourth-order valence-corrected chi connectivity index (χ4v) is 28.8. The van der Waals surface area contributed by atoms with Crippen LogP contribution >= 0.6 is 22.6 Å². The van der Waals surface area contributed by atoms with Gasteiger partial charge in [-0.25, -0.2) is 5.06 Å². The zero-order valence-electron chi connectivity index (χ0n) is 40.6.